The molecule has 0 aromatic carbocycles. The normalized spacial score (nSPS) is 9.42. The number of hydrogen-bond acceptors (Lipinski definition) is 3. The molecule has 3 nitrogen and oxygen atoms in total. The first-order valence-electron chi connectivity index (χ1n) is 3.19. The van der Waals surface area contributed by atoms with Crippen molar-refractivity contribution in [1.29, 1.82) is 0 Å². The first-order valence-corrected chi connectivity index (χ1v) is 4.80. The standard InChI is InChI=1S/C7H6BrNO2S/c8-6-2-1-5(12-6)3-9-7(11)4-10/h1-2,4H,3H2,(H,9,11). The van der Waals surface area contributed by atoms with Crippen molar-refractivity contribution in [2.45, 2.75) is 6.54 Å². The van der Waals surface area contributed by atoms with Crippen LogP contribution in [0.3, 0.4) is 0 Å². The fourth-order valence-electron chi connectivity index (χ4n) is 0.663. The van der Waals surface area contributed by atoms with Crippen molar-refractivity contribution >= 4 is 39.5 Å². The van der Waals surface area contributed by atoms with Gasteiger partial charge in [-0.2, -0.15) is 0 Å². The number of carbonyl (C=O) groups is 2. The summed E-state index contributed by atoms with van der Waals surface area (Å²) in [6, 6.07) is 3.78. The summed E-state index contributed by atoms with van der Waals surface area (Å²) in [6.45, 7) is 0.411. The molecule has 1 N–H and O–H groups in total. The Bertz CT molecular complexity index is 297. The Morgan fingerprint density at radius 3 is 2.92 bits per heavy atom. The van der Waals surface area contributed by atoms with Crippen LogP contribution in [0.2, 0.25) is 0 Å². The van der Waals surface area contributed by atoms with Crippen LogP contribution >= 0.6 is 27.3 Å². The van der Waals surface area contributed by atoms with Crippen LogP contribution in [0, 0.1) is 0 Å². The van der Waals surface area contributed by atoms with Crippen molar-refractivity contribution in [2.75, 3.05) is 0 Å². The smallest absolute Gasteiger partial charge is 0.284 e. The van der Waals surface area contributed by atoms with E-state index >= 15 is 0 Å². The van der Waals surface area contributed by atoms with E-state index in [1.165, 1.54) is 11.3 Å². The van der Waals surface area contributed by atoms with Crippen LogP contribution in [-0.2, 0) is 16.1 Å². The molecule has 0 aliphatic heterocycles. The molecule has 1 amide bonds. The number of rotatable bonds is 3. The summed E-state index contributed by atoms with van der Waals surface area (Å²) < 4.78 is 1.01. The van der Waals surface area contributed by atoms with Crippen molar-refractivity contribution in [3.05, 3.63) is 20.8 Å². The predicted molar refractivity (Wildman–Crippen MR) is 49.9 cm³/mol. The van der Waals surface area contributed by atoms with Gasteiger partial charge in [-0.3, -0.25) is 9.59 Å². The van der Waals surface area contributed by atoms with Gasteiger partial charge < -0.3 is 5.32 Å². The zero-order valence-electron chi connectivity index (χ0n) is 6.04. The molecule has 1 rings (SSSR count). The lowest BCUT2D eigenvalue weighted by atomic mass is 10.4. The van der Waals surface area contributed by atoms with Crippen LogP contribution in [0.4, 0.5) is 0 Å². The third-order valence-corrected chi connectivity index (χ3v) is 2.80. The van der Waals surface area contributed by atoms with Crippen molar-refractivity contribution in [2.24, 2.45) is 0 Å². The van der Waals surface area contributed by atoms with Gasteiger partial charge in [-0.15, -0.1) is 11.3 Å². The number of thiophene rings is 1. The first-order chi connectivity index (χ1) is 5.72. The summed E-state index contributed by atoms with van der Waals surface area (Å²) in [5.41, 5.74) is 0. The van der Waals surface area contributed by atoms with Gasteiger partial charge in [0.05, 0.1) is 10.3 Å². The Kier molecular flexibility index (Phi) is 3.43. The van der Waals surface area contributed by atoms with Gasteiger partial charge in [0, 0.05) is 4.88 Å². The lowest BCUT2D eigenvalue weighted by Crippen LogP contribution is -2.22. The van der Waals surface area contributed by atoms with Gasteiger partial charge in [0.1, 0.15) is 0 Å². The van der Waals surface area contributed by atoms with E-state index in [2.05, 4.69) is 21.2 Å². The van der Waals surface area contributed by atoms with Gasteiger partial charge in [-0.1, -0.05) is 0 Å². The Morgan fingerprint density at radius 1 is 1.67 bits per heavy atom. The minimum absolute atomic E-state index is 0.267. The zero-order chi connectivity index (χ0) is 8.97. The maximum atomic E-state index is 10.5. The van der Waals surface area contributed by atoms with Crippen LogP contribution < -0.4 is 5.32 Å². The Hall–Kier alpha value is -0.680. The number of halogens is 1. The third-order valence-electron chi connectivity index (χ3n) is 1.17. The van der Waals surface area contributed by atoms with Crippen molar-refractivity contribution in [3.8, 4) is 0 Å². The molecule has 0 radical (unpaired) electrons. The lowest BCUT2D eigenvalue weighted by molar-refractivity contribution is -0.131. The Morgan fingerprint density at radius 2 is 2.42 bits per heavy atom. The number of carbonyl (C=O) groups excluding carboxylic acids is 2. The topological polar surface area (TPSA) is 46.2 Å². The minimum Gasteiger partial charge on any atom is -0.345 e. The molecular formula is C7H6BrNO2S. The molecule has 0 saturated heterocycles. The zero-order valence-corrected chi connectivity index (χ0v) is 8.44. The molecule has 0 bridgehead atoms. The molecule has 1 aromatic heterocycles. The molecule has 0 spiro atoms. The molecular weight excluding hydrogens is 242 g/mol. The molecule has 1 heterocycles. The van der Waals surface area contributed by atoms with Crippen LogP contribution in [-0.4, -0.2) is 12.2 Å². The van der Waals surface area contributed by atoms with Gasteiger partial charge in [-0.05, 0) is 28.1 Å². The first kappa shape index (κ1) is 9.41. The summed E-state index contributed by atoms with van der Waals surface area (Å²) in [4.78, 5) is 21.4. The van der Waals surface area contributed by atoms with Gasteiger partial charge in [-0.25, -0.2) is 0 Å². The number of nitrogens with one attached hydrogen (secondary N) is 1. The summed E-state index contributed by atoms with van der Waals surface area (Å²) in [6.07, 6.45) is 0.267. The number of amides is 1. The van der Waals surface area contributed by atoms with E-state index in [9.17, 15) is 9.59 Å². The van der Waals surface area contributed by atoms with Crippen molar-refractivity contribution in [3.63, 3.8) is 0 Å². The minimum atomic E-state index is -0.584. The molecule has 1 aromatic rings. The van der Waals surface area contributed by atoms with Crippen LogP contribution in [0.5, 0.6) is 0 Å². The highest BCUT2D eigenvalue weighted by Crippen LogP contribution is 2.21. The van der Waals surface area contributed by atoms with E-state index in [1.807, 2.05) is 12.1 Å². The fourth-order valence-corrected chi connectivity index (χ4v) is 2.09. The average Bonchev–Trinajstić information content (AvgIpc) is 2.47. The van der Waals surface area contributed by atoms with Crippen LogP contribution in [0.25, 0.3) is 0 Å². The molecule has 0 saturated carbocycles. The number of hydrogen-bond donors (Lipinski definition) is 1. The van der Waals surface area contributed by atoms with Gasteiger partial charge >= 0.3 is 0 Å². The summed E-state index contributed by atoms with van der Waals surface area (Å²) in [5, 5.41) is 2.44. The summed E-state index contributed by atoms with van der Waals surface area (Å²) in [7, 11) is 0. The van der Waals surface area contributed by atoms with Crippen LogP contribution in [0.1, 0.15) is 4.88 Å². The maximum absolute atomic E-state index is 10.5. The Balaban J connectivity index is 2.43. The average molecular weight is 248 g/mol. The van der Waals surface area contributed by atoms with E-state index < -0.39 is 5.91 Å². The van der Waals surface area contributed by atoms with E-state index in [-0.39, 0.29) is 6.29 Å². The molecule has 0 aliphatic rings. The predicted octanol–water partition coefficient (Wildman–Crippen LogP) is 1.33. The van der Waals surface area contributed by atoms with Crippen molar-refractivity contribution < 1.29 is 9.59 Å². The summed E-state index contributed by atoms with van der Waals surface area (Å²) in [5.74, 6) is -0.584. The van der Waals surface area contributed by atoms with Gasteiger partial charge in [0.15, 0.2) is 0 Å². The monoisotopic (exact) mass is 247 g/mol. The van der Waals surface area contributed by atoms with Gasteiger partial charge in [0.25, 0.3) is 5.91 Å². The highest BCUT2D eigenvalue weighted by atomic mass is 79.9. The van der Waals surface area contributed by atoms with Crippen molar-refractivity contribution in [1.82, 2.24) is 5.32 Å². The lowest BCUT2D eigenvalue weighted by Gasteiger charge is -1.95. The maximum Gasteiger partial charge on any atom is 0.284 e. The number of aldehydes is 1. The molecule has 0 fully saturated rings. The highest BCUT2D eigenvalue weighted by molar-refractivity contribution is 9.11. The van der Waals surface area contributed by atoms with Crippen LogP contribution in [0.15, 0.2) is 15.9 Å². The molecule has 64 valence electrons. The van der Waals surface area contributed by atoms with E-state index in [1.54, 1.807) is 0 Å². The second-order valence-corrected chi connectivity index (χ2v) is 4.59. The quantitative estimate of drug-likeness (QED) is 0.647. The largest absolute Gasteiger partial charge is 0.345 e. The molecule has 0 unspecified atom stereocenters. The van der Waals surface area contributed by atoms with E-state index in [0.717, 1.165) is 8.66 Å². The summed E-state index contributed by atoms with van der Waals surface area (Å²) >= 11 is 4.82. The van der Waals surface area contributed by atoms with E-state index in [4.69, 9.17) is 0 Å². The molecule has 5 heteroatoms. The molecule has 12 heavy (non-hydrogen) atoms. The molecule has 0 atom stereocenters. The molecule has 0 aliphatic carbocycles. The fraction of sp³-hybridized carbons (Fsp3) is 0.143. The second kappa shape index (κ2) is 4.37. The SMILES string of the molecule is O=CC(=O)NCc1ccc(Br)s1. The van der Waals surface area contributed by atoms with E-state index in [0.29, 0.717) is 6.54 Å². The third kappa shape index (κ3) is 2.75. The Labute approximate surface area is 81.9 Å². The van der Waals surface area contributed by atoms with Gasteiger partial charge in [0.2, 0.25) is 6.29 Å². The second-order valence-electron chi connectivity index (χ2n) is 2.04. The highest BCUT2D eigenvalue weighted by Gasteiger charge is 1.99.